The average Bonchev–Trinajstić information content (AvgIpc) is 2.45. The predicted molar refractivity (Wildman–Crippen MR) is 75.0 cm³/mol. The normalized spacial score (nSPS) is 10.8. The van der Waals surface area contributed by atoms with E-state index in [-0.39, 0.29) is 0 Å². The van der Waals surface area contributed by atoms with Gasteiger partial charge in [-0.1, -0.05) is 36.4 Å². The van der Waals surface area contributed by atoms with Gasteiger partial charge in [0, 0.05) is 10.8 Å². The van der Waals surface area contributed by atoms with Gasteiger partial charge >= 0.3 is 5.97 Å². The van der Waals surface area contributed by atoms with Gasteiger partial charge in [0.05, 0.1) is 12.7 Å². The van der Waals surface area contributed by atoms with Gasteiger partial charge < -0.3 is 9.84 Å². The molecule has 3 aromatic rings. The molecular formula is C16H12O3. The molecule has 3 aromatic carbocycles. The fraction of sp³-hybridized carbons (Fsp3) is 0.0625. The smallest absolute Gasteiger partial charge is 0.336 e. The van der Waals surface area contributed by atoms with Crippen LogP contribution < -0.4 is 4.74 Å². The van der Waals surface area contributed by atoms with Gasteiger partial charge in [-0.15, -0.1) is 0 Å². The Morgan fingerprint density at radius 1 is 0.947 bits per heavy atom. The summed E-state index contributed by atoms with van der Waals surface area (Å²) in [7, 11) is 1.59. The zero-order valence-corrected chi connectivity index (χ0v) is 10.4. The molecule has 0 aliphatic carbocycles. The lowest BCUT2D eigenvalue weighted by Gasteiger charge is -2.10. The van der Waals surface area contributed by atoms with E-state index in [0.29, 0.717) is 11.3 Å². The summed E-state index contributed by atoms with van der Waals surface area (Å²) in [6, 6.07) is 14.9. The molecule has 3 rings (SSSR count). The Bertz CT molecular complexity index is 790. The lowest BCUT2D eigenvalue weighted by Crippen LogP contribution is -1.98. The molecule has 0 atom stereocenters. The summed E-state index contributed by atoms with van der Waals surface area (Å²) < 4.78 is 5.38. The molecule has 0 aromatic heterocycles. The second-order valence-electron chi connectivity index (χ2n) is 4.33. The van der Waals surface area contributed by atoms with Gasteiger partial charge in [0.25, 0.3) is 0 Å². The molecule has 1 N–H and O–H groups in total. The van der Waals surface area contributed by atoms with Gasteiger partial charge in [-0.05, 0) is 22.9 Å². The van der Waals surface area contributed by atoms with Gasteiger partial charge in [0.2, 0.25) is 0 Å². The largest absolute Gasteiger partial charge is 0.496 e. The van der Waals surface area contributed by atoms with E-state index in [1.54, 1.807) is 19.2 Å². The molecule has 94 valence electrons. The second-order valence-corrected chi connectivity index (χ2v) is 4.33. The fourth-order valence-electron chi connectivity index (χ4n) is 2.47. The van der Waals surface area contributed by atoms with Crippen LogP contribution in [0.4, 0.5) is 0 Å². The number of carboxylic acid groups (broad SMARTS) is 1. The van der Waals surface area contributed by atoms with Crippen molar-refractivity contribution in [3.05, 3.63) is 54.1 Å². The maximum atomic E-state index is 11.4. The van der Waals surface area contributed by atoms with E-state index in [1.165, 1.54) is 0 Å². The van der Waals surface area contributed by atoms with Gasteiger partial charge in [-0.25, -0.2) is 4.79 Å². The lowest BCUT2D eigenvalue weighted by molar-refractivity contribution is 0.0699. The Morgan fingerprint density at radius 2 is 1.58 bits per heavy atom. The molecule has 0 radical (unpaired) electrons. The van der Waals surface area contributed by atoms with Crippen LogP contribution in [0.2, 0.25) is 0 Å². The summed E-state index contributed by atoms with van der Waals surface area (Å²) in [6.45, 7) is 0. The van der Waals surface area contributed by atoms with E-state index in [9.17, 15) is 9.90 Å². The van der Waals surface area contributed by atoms with Crippen LogP contribution in [0.5, 0.6) is 5.75 Å². The molecule has 0 bridgehead atoms. The summed E-state index contributed by atoms with van der Waals surface area (Å²) >= 11 is 0. The second kappa shape index (κ2) is 4.28. The molecule has 0 aliphatic rings. The standard InChI is InChI=1S/C16H12O3/c1-19-13-7-3-5-11-9-8-10-4-2-6-12(16(17)18)14(10)15(11)13/h2-9H,1H3,(H,17,18). The number of ether oxygens (including phenoxy) is 1. The quantitative estimate of drug-likeness (QED) is 0.707. The molecule has 0 spiro atoms. The van der Waals surface area contributed by atoms with Crippen LogP contribution in [0.15, 0.2) is 48.5 Å². The van der Waals surface area contributed by atoms with E-state index < -0.39 is 5.97 Å². The van der Waals surface area contributed by atoms with Crippen LogP contribution in [0.3, 0.4) is 0 Å². The third kappa shape index (κ3) is 1.71. The minimum atomic E-state index is -0.927. The van der Waals surface area contributed by atoms with Crippen LogP contribution in [-0.4, -0.2) is 18.2 Å². The van der Waals surface area contributed by atoms with Gasteiger partial charge in [-0.2, -0.15) is 0 Å². The minimum absolute atomic E-state index is 0.299. The molecule has 0 aliphatic heterocycles. The Kier molecular flexibility index (Phi) is 2.60. The molecular weight excluding hydrogens is 240 g/mol. The van der Waals surface area contributed by atoms with Gasteiger partial charge in [-0.3, -0.25) is 0 Å². The Labute approximate surface area is 110 Å². The first-order valence-corrected chi connectivity index (χ1v) is 5.94. The Morgan fingerprint density at radius 3 is 2.21 bits per heavy atom. The molecule has 0 heterocycles. The van der Waals surface area contributed by atoms with Crippen molar-refractivity contribution in [1.29, 1.82) is 0 Å². The van der Waals surface area contributed by atoms with Gasteiger partial charge in [0.1, 0.15) is 5.75 Å². The maximum Gasteiger partial charge on any atom is 0.336 e. The summed E-state index contributed by atoms with van der Waals surface area (Å²) in [4.78, 5) is 11.4. The van der Waals surface area contributed by atoms with Crippen molar-refractivity contribution in [2.24, 2.45) is 0 Å². The molecule has 0 saturated heterocycles. The van der Waals surface area contributed by atoms with Crippen LogP contribution in [0.25, 0.3) is 21.5 Å². The number of hydrogen-bond acceptors (Lipinski definition) is 2. The highest BCUT2D eigenvalue weighted by molar-refractivity contribution is 6.18. The molecule has 3 nitrogen and oxygen atoms in total. The Hall–Kier alpha value is -2.55. The van der Waals surface area contributed by atoms with E-state index in [0.717, 1.165) is 21.5 Å². The molecule has 3 heteroatoms. The number of fused-ring (bicyclic) bond motifs is 3. The monoisotopic (exact) mass is 252 g/mol. The highest BCUT2D eigenvalue weighted by Gasteiger charge is 2.13. The first-order valence-electron chi connectivity index (χ1n) is 5.94. The zero-order valence-electron chi connectivity index (χ0n) is 10.4. The first kappa shape index (κ1) is 11.5. The van der Waals surface area contributed by atoms with Crippen molar-refractivity contribution >= 4 is 27.5 Å². The number of rotatable bonds is 2. The average molecular weight is 252 g/mol. The number of hydrogen-bond donors (Lipinski definition) is 1. The van der Waals surface area contributed by atoms with Crippen molar-refractivity contribution in [3.63, 3.8) is 0 Å². The summed E-state index contributed by atoms with van der Waals surface area (Å²) in [5.74, 6) is -0.235. The molecule has 19 heavy (non-hydrogen) atoms. The predicted octanol–water partition coefficient (Wildman–Crippen LogP) is 3.70. The van der Waals surface area contributed by atoms with Crippen LogP contribution >= 0.6 is 0 Å². The number of carbonyl (C=O) groups is 1. The third-order valence-electron chi connectivity index (χ3n) is 3.30. The highest BCUT2D eigenvalue weighted by Crippen LogP contribution is 2.34. The van der Waals surface area contributed by atoms with E-state index >= 15 is 0 Å². The Balaban J connectivity index is 2.60. The number of benzene rings is 3. The number of aromatic carboxylic acids is 1. The summed E-state index contributed by atoms with van der Waals surface area (Å²) in [5.41, 5.74) is 0.299. The van der Waals surface area contributed by atoms with Gasteiger partial charge in [0.15, 0.2) is 0 Å². The van der Waals surface area contributed by atoms with Crippen molar-refractivity contribution in [2.45, 2.75) is 0 Å². The minimum Gasteiger partial charge on any atom is -0.496 e. The van der Waals surface area contributed by atoms with Crippen molar-refractivity contribution in [2.75, 3.05) is 7.11 Å². The number of methoxy groups -OCH3 is 1. The summed E-state index contributed by atoms with van der Waals surface area (Å²) in [5, 5.41) is 12.8. The highest BCUT2D eigenvalue weighted by atomic mass is 16.5. The molecule has 0 saturated carbocycles. The van der Waals surface area contributed by atoms with Crippen LogP contribution in [0.1, 0.15) is 10.4 Å². The van der Waals surface area contributed by atoms with Crippen LogP contribution in [-0.2, 0) is 0 Å². The lowest BCUT2D eigenvalue weighted by atomic mass is 9.97. The van der Waals surface area contributed by atoms with E-state index in [4.69, 9.17) is 4.74 Å². The number of carboxylic acids is 1. The van der Waals surface area contributed by atoms with Crippen molar-refractivity contribution < 1.29 is 14.6 Å². The topological polar surface area (TPSA) is 46.5 Å². The first-order chi connectivity index (χ1) is 9.22. The van der Waals surface area contributed by atoms with Crippen molar-refractivity contribution in [3.8, 4) is 5.75 Å². The van der Waals surface area contributed by atoms with E-state index in [2.05, 4.69) is 0 Å². The SMILES string of the molecule is COc1cccc2ccc3cccc(C(=O)O)c3c12. The van der Waals surface area contributed by atoms with E-state index in [1.807, 2.05) is 36.4 Å². The third-order valence-corrected chi connectivity index (χ3v) is 3.30. The van der Waals surface area contributed by atoms with Crippen molar-refractivity contribution in [1.82, 2.24) is 0 Å². The zero-order chi connectivity index (χ0) is 13.4. The molecule has 0 amide bonds. The van der Waals surface area contributed by atoms with Crippen LogP contribution in [0, 0.1) is 0 Å². The summed E-state index contributed by atoms with van der Waals surface area (Å²) in [6.07, 6.45) is 0. The maximum absolute atomic E-state index is 11.4. The fourth-order valence-corrected chi connectivity index (χ4v) is 2.47. The molecule has 0 unspecified atom stereocenters. The molecule has 0 fully saturated rings.